The average molecular weight is 425 g/mol. The number of rotatable bonds is 9. The lowest BCUT2D eigenvalue weighted by molar-refractivity contribution is -0.422. The summed E-state index contributed by atoms with van der Waals surface area (Å²) in [4.78, 5) is 36.7. The van der Waals surface area contributed by atoms with Crippen LogP contribution in [0.25, 0.3) is 0 Å². The summed E-state index contributed by atoms with van der Waals surface area (Å²) >= 11 is 0. The molecule has 5 atom stereocenters. The largest absolute Gasteiger partial charge is 0.390 e. The number of unbranched alkanes of at least 4 members (excludes halogenated alkanes) is 1. The van der Waals surface area contributed by atoms with Gasteiger partial charge in [-0.1, -0.05) is 0 Å². The van der Waals surface area contributed by atoms with Crippen molar-refractivity contribution in [1.82, 2.24) is 10.2 Å². The predicted octanol–water partition coefficient (Wildman–Crippen LogP) is -2.21. The second kappa shape index (κ2) is 9.75. The number of ether oxygens (including phenoxy) is 1. The number of aliphatic hydroxyl groups is 1. The number of carbonyl (C=O) groups excluding carboxylic acids is 2. The summed E-state index contributed by atoms with van der Waals surface area (Å²) in [5.41, 5.74) is 5.61. The molecule has 2 aliphatic heterocycles. The van der Waals surface area contributed by atoms with Crippen LogP contribution in [0.1, 0.15) is 25.7 Å². The molecule has 6 N–H and O–H groups in total. The van der Waals surface area contributed by atoms with Crippen molar-refractivity contribution in [3.63, 3.8) is 0 Å². The number of nitrogens with two attached hydrogens (primary N) is 1. The van der Waals surface area contributed by atoms with Crippen molar-refractivity contribution in [3.05, 3.63) is 0 Å². The van der Waals surface area contributed by atoms with Crippen molar-refractivity contribution in [3.8, 4) is 0 Å². The number of nitrogens with one attached hydrogen (secondary N) is 2. The minimum atomic E-state index is -4.04. The van der Waals surface area contributed by atoms with Gasteiger partial charge in [-0.05, 0) is 12.8 Å². The Morgan fingerprint density at radius 1 is 1.50 bits per heavy atom. The molecule has 0 aromatic rings. The first-order valence-electron chi connectivity index (χ1n) is 8.97. The zero-order chi connectivity index (χ0) is 20.9. The normalized spacial score (nSPS) is 31.0. The average Bonchev–Trinajstić information content (AvgIpc) is 2.97. The third-order valence-corrected chi connectivity index (χ3v) is 5.96. The number of hydrogen-bond donors (Lipinski definition) is 5. The standard InChI is InChI=1S/C15H26FN4O7P/c1-18-12(17)4-2-3-5-26-28(24,25)8-11-10(21)6-13(27-11)20-7-9(16)14(22)19-15(20)23/h9-11,13,21H,2-8H2,1H3,(H2,17,18)(H,24,25)(H,19,22,23)/p+1. The summed E-state index contributed by atoms with van der Waals surface area (Å²) in [6.07, 6.45) is -3.85. The fourth-order valence-electron chi connectivity index (χ4n) is 2.94. The van der Waals surface area contributed by atoms with Gasteiger partial charge in [0, 0.05) is 12.8 Å². The molecule has 0 aromatic heterocycles. The summed E-state index contributed by atoms with van der Waals surface area (Å²) < 4.78 is 36.3. The fraction of sp³-hybridized carbons (Fsp3) is 0.800. The van der Waals surface area contributed by atoms with Crippen LogP contribution in [0, 0.1) is 0 Å². The Morgan fingerprint density at radius 2 is 2.21 bits per heavy atom. The van der Waals surface area contributed by atoms with Crippen LogP contribution >= 0.6 is 7.60 Å². The van der Waals surface area contributed by atoms with E-state index in [0.717, 1.165) is 4.90 Å². The molecule has 2 fully saturated rings. The summed E-state index contributed by atoms with van der Waals surface area (Å²) in [5, 5.41) is 12.0. The maximum atomic E-state index is 13.6. The highest BCUT2D eigenvalue weighted by atomic mass is 31.2. The summed E-state index contributed by atoms with van der Waals surface area (Å²) in [6, 6.07) is -0.835. The first-order valence-corrected chi connectivity index (χ1v) is 10.7. The number of nitrogens with zero attached hydrogens (tertiary/aromatic N) is 1. The van der Waals surface area contributed by atoms with E-state index in [1.807, 2.05) is 5.32 Å². The lowest BCUT2D eigenvalue weighted by Crippen LogP contribution is -2.70. The number of amides is 3. The molecule has 0 aromatic carbocycles. The van der Waals surface area contributed by atoms with Gasteiger partial charge in [-0.3, -0.25) is 30.3 Å². The van der Waals surface area contributed by atoms with Crippen molar-refractivity contribution in [2.75, 3.05) is 26.4 Å². The highest BCUT2D eigenvalue weighted by Gasteiger charge is 2.45. The lowest BCUT2D eigenvalue weighted by atomic mass is 10.2. The van der Waals surface area contributed by atoms with Gasteiger partial charge in [0.25, 0.3) is 5.91 Å². The van der Waals surface area contributed by atoms with Gasteiger partial charge in [-0.25, -0.2) is 9.18 Å². The van der Waals surface area contributed by atoms with Crippen molar-refractivity contribution in [1.29, 1.82) is 0 Å². The molecule has 2 rings (SSSR count). The highest BCUT2D eigenvalue weighted by Crippen LogP contribution is 2.45. The molecule has 2 saturated heterocycles. The Hall–Kier alpha value is -1.59. The van der Waals surface area contributed by atoms with E-state index in [4.69, 9.17) is 15.0 Å². The number of hydrogen-bond acceptors (Lipinski definition) is 6. The van der Waals surface area contributed by atoms with Gasteiger partial charge in [0.05, 0.1) is 38.6 Å². The molecule has 5 unspecified atom stereocenters. The number of amidine groups is 1. The van der Waals surface area contributed by atoms with E-state index in [2.05, 4.69) is 4.99 Å². The molecular weight excluding hydrogens is 398 g/mol. The Bertz CT molecular complexity index is 664. The fourth-order valence-corrected chi connectivity index (χ4v) is 4.25. The minimum Gasteiger partial charge on any atom is -0.390 e. The van der Waals surface area contributed by atoms with Gasteiger partial charge in [0.2, 0.25) is 5.84 Å². The van der Waals surface area contributed by atoms with Gasteiger partial charge < -0.3 is 19.3 Å². The zero-order valence-corrected chi connectivity index (χ0v) is 16.4. The van der Waals surface area contributed by atoms with Gasteiger partial charge in [0.15, 0.2) is 6.17 Å². The molecule has 0 spiro atoms. The lowest BCUT2D eigenvalue weighted by Gasteiger charge is -2.32. The molecule has 2 aliphatic rings. The Morgan fingerprint density at radius 3 is 2.89 bits per heavy atom. The number of imide groups is 1. The van der Waals surface area contributed by atoms with Crippen molar-refractivity contribution < 1.29 is 42.8 Å². The van der Waals surface area contributed by atoms with Gasteiger partial charge in [-0.2, -0.15) is 0 Å². The molecular formula is C15H27FN4O7P+. The minimum absolute atomic E-state index is 0.0389. The van der Waals surface area contributed by atoms with Crippen LogP contribution in [-0.2, 0) is 18.6 Å². The van der Waals surface area contributed by atoms with Crippen LogP contribution in [0.4, 0.5) is 9.18 Å². The zero-order valence-electron chi connectivity index (χ0n) is 15.5. The molecule has 0 radical (unpaired) electrons. The van der Waals surface area contributed by atoms with Crippen LogP contribution in [0.3, 0.4) is 0 Å². The second-order valence-electron chi connectivity index (χ2n) is 6.73. The van der Waals surface area contributed by atoms with E-state index >= 15 is 0 Å². The Balaban J connectivity index is 1.81. The summed E-state index contributed by atoms with van der Waals surface area (Å²) in [5.74, 6) is -0.418. The van der Waals surface area contributed by atoms with Crippen molar-refractivity contribution in [2.45, 2.75) is 50.3 Å². The number of carbonyl (C=O) groups is 2. The smallest absolute Gasteiger partial charge is 0.330 e. The quantitative estimate of drug-likeness (QED) is 0.120. The van der Waals surface area contributed by atoms with Crippen molar-refractivity contribution >= 4 is 25.4 Å². The monoisotopic (exact) mass is 425 g/mol. The van der Waals surface area contributed by atoms with E-state index < -0.39 is 56.8 Å². The summed E-state index contributed by atoms with van der Waals surface area (Å²) in [7, 11) is -2.34. The predicted molar refractivity (Wildman–Crippen MR) is 95.0 cm³/mol. The number of aliphatic hydroxyl groups excluding tert-OH is 1. The molecule has 0 aliphatic carbocycles. The van der Waals surface area contributed by atoms with Crippen LogP contribution in [0.2, 0.25) is 0 Å². The van der Waals surface area contributed by atoms with Crippen molar-refractivity contribution in [2.24, 2.45) is 5.73 Å². The maximum absolute atomic E-state index is 13.6. The number of alkyl halides is 1. The van der Waals surface area contributed by atoms with Crippen LogP contribution in [-0.4, -0.2) is 83.6 Å². The first-order chi connectivity index (χ1) is 13.1. The van der Waals surface area contributed by atoms with E-state index in [1.165, 1.54) is 0 Å². The third-order valence-electron chi connectivity index (χ3n) is 4.55. The van der Waals surface area contributed by atoms with Gasteiger partial charge >= 0.3 is 13.6 Å². The number of halogens is 1. The highest BCUT2D eigenvalue weighted by molar-refractivity contribution is 7.52. The molecule has 160 valence electrons. The first kappa shape index (κ1) is 22.7. The van der Waals surface area contributed by atoms with E-state index in [0.29, 0.717) is 25.1 Å². The molecule has 11 nitrogen and oxygen atoms in total. The SMILES string of the molecule is C[NH+]=C(N)CCCCOP(=O)(O)CC1OC(N2CC(F)C(=O)NC2=O)CC1O. The number of urea groups is 1. The molecule has 0 bridgehead atoms. The topological polar surface area (TPSA) is 165 Å². The molecule has 2 heterocycles. The Kier molecular flexibility index (Phi) is 7.90. The maximum Gasteiger partial charge on any atom is 0.330 e. The molecule has 0 saturated carbocycles. The van der Waals surface area contributed by atoms with E-state index in [1.54, 1.807) is 7.05 Å². The molecule has 13 heteroatoms. The van der Waals surface area contributed by atoms with Crippen LogP contribution in [0.5, 0.6) is 0 Å². The Labute approximate surface area is 161 Å². The van der Waals surface area contributed by atoms with Crippen LogP contribution < -0.4 is 16.0 Å². The van der Waals surface area contributed by atoms with E-state index in [9.17, 15) is 28.5 Å². The van der Waals surface area contributed by atoms with Gasteiger partial charge in [-0.15, -0.1) is 0 Å². The molecule has 28 heavy (non-hydrogen) atoms. The van der Waals surface area contributed by atoms with Gasteiger partial charge in [0.1, 0.15) is 6.23 Å². The second-order valence-corrected chi connectivity index (χ2v) is 8.63. The summed E-state index contributed by atoms with van der Waals surface area (Å²) in [6.45, 7) is -0.466. The third kappa shape index (κ3) is 6.21. The van der Waals surface area contributed by atoms with Crippen LogP contribution in [0.15, 0.2) is 0 Å². The molecule has 3 amide bonds. The van der Waals surface area contributed by atoms with E-state index in [-0.39, 0.29) is 13.0 Å².